The molecule has 7 nitrogen and oxygen atoms in total. The van der Waals surface area contributed by atoms with Gasteiger partial charge in [-0.1, -0.05) is 43.2 Å². The number of likely N-dealkylation sites (N-methyl/N-ethyl adjacent to an activating group) is 1. The molecule has 1 saturated carbocycles. The van der Waals surface area contributed by atoms with Gasteiger partial charge < -0.3 is 20.9 Å². The summed E-state index contributed by atoms with van der Waals surface area (Å²) in [4.78, 5) is 41.7. The molecule has 200 valence electrons. The summed E-state index contributed by atoms with van der Waals surface area (Å²) < 4.78 is 28.7. The number of nitrogens with zero attached hydrogens (tertiary/aromatic N) is 1. The Kier molecular flexibility index (Phi) is 9.62. The van der Waals surface area contributed by atoms with Gasteiger partial charge in [-0.3, -0.25) is 14.4 Å². The lowest BCUT2D eigenvalue weighted by Gasteiger charge is -2.39. The highest BCUT2D eigenvalue weighted by atomic mass is 35.5. The van der Waals surface area contributed by atoms with Gasteiger partial charge in [0.2, 0.25) is 11.8 Å². The predicted molar refractivity (Wildman–Crippen MR) is 139 cm³/mol. The van der Waals surface area contributed by atoms with Crippen molar-refractivity contribution >= 4 is 35.8 Å². The fourth-order valence-corrected chi connectivity index (χ4v) is 5.16. The van der Waals surface area contributed by atoms with Crippen molar-refractivity contribution in [3.05, 3.63) is 65.2 Å². The van der Waals surface area contributed by atoms with E-state index in [0.29, 0.717) is 12.0 Å². The molecule has 4 rings (SSSR count). The van der Waals surface area contributed by atoms with E-state index in [4.69, 9.17) is 0 Å². The number of carbonyl (C=O) groups excluding carboxylic acids is 3. The van der Waals surface area contributed by atoms with Crippen LogP contribution in [0.4, 0.5) is 14.5 Å². The molecule has 3 N–H and O–H groups in total. The molecule has 1 aliphatic carbocycles. The Morgan fingerprint density at radius 1 is 1.00 bits per heavy atom. The minimum atomic E-state index is -1.09. The molecule has 0 saturated heterocycles. The lowest BCUT2D eigenvalue weighted by Crippen LogP contribution is -2.57. The minimum absolute atomic E-state index is 0. The monoisotopic (exact) mass is 534 g/mol. The third-order valence-electron chi connectivity index (χ3n) is 7.29. The number of rotatable bonds is 7. The van der Waals surface area contributed by atoms with Crippen LogP contribution in [0, 0.1) is 17.6 Å². The SMILES string of the molecule is CN[C@@H](C)C(=O)N[C@H](C(=O)N1CCc2ccccc2[C@H]1C(=O)Nc1c(F)cccc1F)C1CCCC1.Cl. The maximum atomic E-state index is 14.3. The molecule has 10 heteroatoms. The number of para-hydroxylation sites is 1. The summed E-state index contributed by atoms with van der Waals surface area (Å²) in [6, 6.07) is 8.21. The summed E-state index contributed by atoms with van der Waals surface area (Å²) in [5, 5.41) is 8.17. The first-order valence-electron chi connectivity index (χ1n) is 12.4. The number of amides is 3. The summed E-state index contributed by atoms with van der Waals surface area (Å²) in [5.41, 5.74) is 0.939. The molecule has 37 heavy (non-hydrogen) atoms. The summed E-state index contributed by atoms with van der Waals surface area (Å²) in [6.45, 7) is 1.95. The standard InChI is InChI=1S/C27H32F2N4O3.ClH/c1-16(30-2)25(34)31-22(18-9-3-4-10-18)27(36)33-15-14-17-8-5-6-11-19(17)24(33)26(35)32-23-20(28)12-7-13-21(23)29;/h5-8,11-13,16,18,22,24,30H,3-4,9-10,14-15H2,1-2H3,(H,31,34)(H,32,35);1H/t16-,22-,24-;/m0./s1. The van der Waals surface area contributed by atoms with E-state index in [1.54, 1.807) is 26.1 Å². The first-order chi connectivity index (χ1) is 17.3. The highest BCUT2D eigenvalue weighted by Gasteiger charge is 2.42. The van der Waals surface area contributed by atoms with Crippen molar-refractivity contribution in [2.75, 3.05) is 18.9 Å². The second-order valence-corrected chi connectivity index (χ2v) is 9.51. The van der Waals surface area contributed by atoms with E-state index in [2.05, 4.69) is 16.0 Å². The van der Waals surface area contributed by atoms with Crippen LogP contribution < -0.4 is 16.0 Å². The highest BCUT2D eigenvalue weighted by Crippen LogP contribution is 2.35. The van der Waals surface area contributed by atoms with E-state index in [1.807, 2.05) is 12.1 Å². The van der Waals surface area contributed by atoms with Crippen LogP contribution in [0.1, 0.15) is 49.8 Å². The zero-order valence-corrected chi connectivity index (χ0v) is 21.7. The lowest BCUT2D eigenvalue weighted by atomic mass is 9.89. The Morgan fingerprint density at radius 3 is 2.30 bits per heavy atom. The summed E-state index contributed by atoms with van der Waals surface area (Å²) in [6.07, 6.45) is 4.05. The van der Waals surface area contributed by atoms with E-state index in [0.717, 1.165) is 43.4 Å². The van der Waals surface area contributed by atoms with Crippen LogP contribution in [0.3, 0.4) is 0 Å². The van der Waals surface area contributed by atoms with Gasteiger partial charge >= 0.3 is 0 Å². The fraction of sp³-hybridized carbons (Fsp3) is 0.444. The number of nitrogens with one attached hydrogen (secondary N) is 3. The smallest absolute Gasteiger partial charge is 0.251 e. The van der Waals surface area contributed by atoms with Crippen LogP contribution in [0.25, 0.3) is 0 Å². The summed E-state index contributed by atoms with van der Waals surface area (Å²) >= 11 is 0. The van der Waals surface area contributed by atoms with Gasteiger partial charge in [0.25, 0.3) is 5.91 Å². The van der Waals surface area contributed by atoms with Gasteiger partial charge in [0.15, 0.2) is 0 Å². The van der Waals surface area contributed by atoms with Gasteiger partial charge in [-0.25, -0.2) is 8.78 Å². The van der Waals surface area contributed by atoms with Gasteiger partial charge in [0, 0.05) is 6.54 Å². The fourth-order valence-electron chi connectivity index (χ4n) is 5.16. The van der Waals surface area contributed by atoms with Crippen LogP contribution in [0.2, 0.25) is 0 Å². The minimum Gasteiger partial charge on any atom is -0.343 e. The third kappa shape index (κ3) is 6.10. The maximum Gasteiger partial charge on any atom is 0.251 e. The van der Waals surface area contributed by atoms with Crippen molar-refractivity contribution in [3.8, 4) is 0 Å². The molecule has 0 unspecified atom stereocenters. The second-order valence-electron chi connectivity index (χ2n) is 9.51. The molecule has 2 aromatic carbocycles. The first-order valence-corrected chi connectivity index (χ1v) is 12.4. The van der Waals surface area contributed by atoms with Crippen LogP contribution in [-0.4, -0.2) is 48.3 Å². The molecule has 0 aromatic heterocycles. The Labute approximate surface area is 221 Å². The average Bonchev–Trinajstić information content (AvgIpc) is 3.42. The van der Waals surface area contributed by atoms with E-state index in [9.17, 15) is 23.2 Å². The second kappa shape index (κ2) is 12.5. The average molecular weight is 535 g/mol. The summed E-state index contributed by atoms with van der Waals surface area (Å²) in [7, 11) is 1.67. The Balaban J connectivity index is 0.00000380. The molecule has 0 bridgehead atoms. The number of carbonyl (C=O) groups is 3. The van der Waals surface area contributed by atoms with Crippen LogP contribution in [0.5, 0.6) is 0 Å². The van der Waals surface area contributed by atoms with Crippen LogP contribution in [0.15, 0.2) is 42.5 Å². The molecule has 2 aromatic rings. The molecule has 0 spiro atoms. The molecule has 0 radical (unpaired) electrons. The number of hydrogen-bond donors (Lipinski definition) is 3. The number of anilines is 1. The van der Waals surface area contributed by atoms with Crippen LogP contribution >= 0.6 is 12.4 Å². The Hall–Kier alpha value is -3.04. The molecule has 3 atom stereocenters. The van der Waals surface area contributed by atoms with Crippen LogP contribution in [-0.2, 0) is 20.8 Å². The van der Waals surface area contributed by atoms with Gasteiger partial charge in [0.05, 0.1) is 6.04 Å². The van der Waals surface area contributed by atoms with Crippen molar-refractivity contribution in [1.29, 1.82) is 0 Å². The lowest BCUT2D eigenvalue weighted by molar-refractivity contribution is -0.144. The van der Waals surface area contributed by atoms with Crippen molar-refractivity contribution in [2.45, 2.75) is 57.2 Å². The van der Waals surface area contributed by atoms with Gasteiger partial charge in [0.1, 0.15) is 29.4 Å². The molecule has 1 aliphatic heterocycles. The Bertz CT molecular complexity index is 1120. The van der Waals surface area contributed by atoms with E-state index in [-0.39, 0.29) is 36.7 Å². The topological polar surface area (TPSA) is 90.5 Å². The third-order valence-corrected chi connectivity index (χ3v) is 7.29. The van der Waals surface area contributed by atoms with Gasteiger partial charge in [-0.2, -0.15) is 0 Å². The zero-order valence-electron chi connectivity index (χ0n) is 20.9. The van der Waals surface area contributed by atoms with Crippen molar-refractivity contribution in [2.24, 2.45) is 5.92 Å². The Morgan fingerprint density at radius 2 is 1.65 bits per heavy atom. The number of halogens is 3. The van der Waals surface area contributed by atoms with Gasteiger partial charge in [-0.15, -0.1) is 12.4 Å². The molecule has 1 heterocycles. The predicted octanol–water partition coefficient (Wildman–Crippen LogP) is 3.73. The zero-order chi connectivity index (χ0) is 25.8. The first kappa shape index (κ1) is 28.5. The molecule has 3 amide bonds. The van der Waals surface area contributed by atoms with E-state index >= 15 is 0 Å². The van der Waals surface area contributed by atoms with Crippen molar-refractivity contribution < 1.29 is 23.2 Å². The maximum absolute atomic E-state index is 14.3. The molecular weight excluding hydrogens is 502 g/mol. The normalized spacial score (nSPS) is 18.8. The molecule has 2 aliphatic rings. The quantitative estimate of drug-likeness (QED) is 0.505. The molecular formula is C27H33ClF2N4O3. The number of hydrogen-bond acceptors (Lipinski definition) is 4. The molecule has 1 fully saturated rings. The van der Waals surface area contributed by atoms with Gasteiger partial charge in [-0.05, 0) is 62.4 Å². The highest BCUT2D eigenvalue weighted by molar-refractivity contribution is 6.00. The largest absolute Gasteiger partial charge is 0.343 e. The van der Waals surface area contributed by atoms with E-state index in [1.165, 1.54) is 11.0 Å². The van der Waals surface area contributed by atoms with Crippen molar-refractivity contribution in [3.63, 3.8) is 0 Å². The van der Waals surface area contributed by atoms with Crippen molar-refractivity contribution in [1.82, 2.24) is 15.5 Å². The number of fused-ring (bicyclic) bond motifs is 1. The van der Waals surface area contributed by atoms with E-state index < -0.39 is 41.4 Å². The summed E-state index contributed by atoms with van der Waals surface area (Å²) in [5.74, 6) is -3.21. The number of benzene rings is 2.